The summed E-state index contributed by atoms with van der Waals surface area (Å²) in [7, 11) is 0. The fourth-order valence-corrected chi connectivity index (χ4v) is 6.56. The molecule has 3 aromatic rings. The lowest BCUT2D eigenvalue weighted by Gasteiger charge is -2.45. The number of carbonyl (C=O) groups is 4. The molecule has 0 saturated carbocycles. The van der Waals surface area contributed by atoms with E-state index in [4.69, 9.17) is 27.9 Å². The summed E-state index contributed by atoms with van der Waals surface area (Å²) in [6, 6.07) is 19.2. The number of hydrogen-bond donors (Lipinski definition) is 1. The highest BCUT2D eigenvalue weighted by atomic mass is 35.5. The molecule has 1 heterocycles. The zero-order valence-corrected chi connectivity index (χ0v) is 21.7. The van der Waals surface area contributed by atoms with Gasteiger partial charge in [-0.2, -0.15) is 0 Å². The third-order valence-electron chi connectivity index (χ3n) is 7.76. The van der Waals surface area contributed by atoms with Crippen LogP contribution in [0.5, 0.6) is 0 Å². The maximum Gasteiger partial charge on any atom is 0.329 e. The van der Waals surface area contributed by atoms with Gasteiger partial charge in [-0.25, -0.2) is 4.79 Å². The number of imide groups is 1. The van der Waals surface area contributed by atoms with Crippen LogP contribution in [0.1, 0.15) is 41.0 Å². The van der Waals surface area contributed by atoms with Crippen molar-refractivity contribution in [3.63, 3.8) is 0 Å². The van der Waals surface area contributed by atoms with Crippen LogP contribution in [0.15, 0.2) is 66.7 Å². The number of halogens is 2. The number of nitrogens with zero attached hydrogens (tertiary/aromatic N) is 1. The molecular formula is C29H22Cl2N2O5. The molecule has 1 N–H and O–H groups in total. The Hall–Kier alpha value is -3.68. The molecule has 0 spiro atoms. The van der Waals surface area contributed by atoms with Crippen molar-refractivity contribution < 1.29 is 23.9 Å². The van der Waals surface area contributed by atoms with E-state index in [0.29, 0.717) is 5.02 Å². The van der Waals surface area contributed by atoms with Gasteiger partial charge in [-0.1, -0.05) is 71.7 Å². The topological polar surface area (TPSA) is 92.8 Å². The van der Waals surface area contributed by atoms with Gasteiger partial charge in [0.25, 0.3) is 5.91 Å². The largest absolute Gasteiger partial charge is 0.454 e. The van der Waals surface area contributed by atoms with Gasteiger partial charge in [0.1, 0.15) is 6.04 Å². The summed E-state index contributed by atoms with van der Waals surface area (Å²) in [6.07, 6.45) is 0. The summed E-state index contributed by atoms with van der Waals surface area (Å²) in [5.41, 5.74) is 4.47. The first kappa shape index (κ1) is 24.6. The Balaban J connectivity index is 1.21. The van der Waals surface area contributed by atoms with Gasteiger partial charge < -0.3 is 10.1 Å². The molecule has 4 aliphatic rings. The molecule has 7 nitrogen and oxygen atoms in total. The summed E-state index contributed by atoms with van der Waals surface area (Å²) in [4.78, 5) is 53.8. The van der Waals surface area contributed by atoms with Crippen LogP contribution >= 0.6 is 23.2 Å². The molecule has 3 amide bonds. The smallest absolute Gasteiger partial charge is 0.329 e. The summed E-state index contributed by atoms with van der Waals surface area (Å²) >= 11 is 12.0. The predicted octanol–water partition coefficient (Wildman–Crippen LogP) is 4.76. The van der Waals surface area contributed by atoms with E-state index in [-0.39, 0.29) is 22.5 Å². The van der Waals surface area contributed by atoms with Gasteiger partial charge >= 0.3 is 5.97 Å². The maximum absolute atomic E-state index is 13.7. The van der Waals surface area contributed by atoms with E-state index in [1.807, 2.05) is 48.5 Å². The summed E-state index contributed by atoms with van der Waals surface area (Å²) in [5.74, 6) is -3.99. The molecule has 2 bridgehead atoms. The molecular weight excluding hydrogens is 527 g/mol. The first-order valence-electron chi connectivity index (χ1n) is 12.2. The molecule has 3 atom stereocenters. The molecule has 0 unspecified atom stereocenters. The Labute approximate surface area is 228 Å². The van der Waals surface area contributed by atoms with E-state index < -0.39 is 48.2 Å². The quantitative estimate of drug-likeness (QED) is 0.366. The van der Waals surface area contributed by atoms with Crippen molar-refractivity contribution >= 4 is 52.6 Å². The number of nitrogens with one attached hydrogen (secondary N) is 1. The highest BCUT2D eigenvalue weighted by Gasteiger charge is 2.62. The van der Waals surface area contributed by atoms with Crippen molar-refractivity contribution in [2.45, 2.75) is 24.8 Å². The molecule has 0 aromatic heterocycles. The van der Waals surface area contributed by atoms with Crippen LogP contribution in [0, 0.1) is 11.8 Å². The van der Waals surface area contributed by atoms with Crippen molar-refractivity contribution in [2.75, 3.05) is 11.9 Å². The maximum atomic E-state index is 13.7. The minimum atomic E-state index is -1.19. The Morgan fingerprint density at radius 3 is 1.87 bits per heavy atom. The molecule has 38 heavy (non-hydrogen) atoms. The van der Waals surface area contributed by atoms with Crippen LogP contribution in [0.2, 0.25) is 10.0 Å². The van der Waals surface area contributed by atoms with Crippen molar-refractivity contribution in [1.29, 1.82) is 0 Å². The van der Waals surface area contributed by atoms with E-state index in [0.717, 1.165) is 27.2 Å². The number of ether oxygens (including phenoxy) is 1. The lowest BCUT2D eigenvalue weighted by atomic mass is 9.55. The molecule has 3 aromatic carbocycles. The third kappa shape index (κ3) is 3.72. The second-order valence-electron chi connectivity index (χ2n) is 9.77. The van der Waals surface area contributed by atoms with Gasteiger partial charge in [0.2, 0.25) is 11.8 Å². The summed E-state index contributed by atoms with van der Waals surface area (Å²) in [5, 5.41) is 3.18. The van der Waals surface area contributed by atoms with Gasteiger partial charge in [0.15, 0.2) is 6.61 Å². The molecule has 192 valence electrons. The number of anilines is 1. The fourth-order valence-electron chi connectivity index (χ4n) is 6.22. The van der Waals surface area contributed by atoms with Crippen LogP contribution in [-0.4, -0.2) is 41.2 Å². The normalized spacial score (nSPS) is 23.4. The molecule has 1 aliphatic heterocycles. The van der Waals surface area contributed by atoms with Gasteiger partial charge in [0.05, 0.1) is 22.5 Å². The number of likely N-dealkylation sites (tertiary alicyclic amines) is 1. The van der Waals surface area contributed by atoms with E-state index in [1.54, 1.807) is 6.07 Å². The standard InChI is InChI=1S/C29H22Cl2N2O5/c1-14(29(37)38-13-22(34)32-21-12-15(30)10-11-20(21)31)33-27(35)25-23-16-6-2-3-7-17(16)24(26(25)28(33)36)19-9-5-4-8-18(19)23/h2-12,14,23-26H,13H2,1H3,(H,32,34)/t14-,23?,24?,25-,26-/m1/s1. The third-order valence-corrected chi connectivity index (χ3v) is 8.32. The Kier molecular flexibility index (Phi) is 6.00. The van der Waals surface area contributed by atoms with Crippen LogP contribution in [0.25, 0.3) is 0 Å². The van der Waals surface area contributed by atoms with Gasteiger partial charge in [-0.05, 0) is 47.4 Å². The SMILES string of the molecule is C[C@H](C(=O)OCC(=O)Nc1cc(Cl)ccc1Cl)N1C(=O)[C@@H]2C3c4ccccc4C(c4ccccc43)[C@H]2C1=O. The Morgan fingerprint density at radius 1 is 0.868 bits per heavy atom. The number of amides is 3. The number of benzene rings is 3. The first-order valence-corrected chi connectivity index (χ1v) is 13.0. The molecule has 1 saturated heterocycles. The highest BCUT2D eigenvalue weighted by molar-refractivity contribution is 6.35. The second-order valence-corrected chi connectivity index (χ2v) is 10.6. The molecule has 1 fully saturated rings. The Morgan fingerprint density at radius 2 is 1.37 bits per heavy atom. The van der Waals surface area contributed by atoms with Gasteiger partial charge in [-0.3, -0.25) is 19.3 Å². The molecule has 7 rings (SSSR count). The van der Waals surface area contributed by atoms with Crippen LogP contribution in [-0.2, 0) is 23.9 Å². The number of esters is 1. The molecule has 3 aliphatic carbocycles. The van der Waals surface area contributed by atoms with Gasteiger partial charge in [-0.15, -0.1) is 0 Å². The zero-order chi connectivity index (χ0) is 26.7. The average molecular weight is 549 g/mol. The second kappa shape index (κ2) is 9.26. The monoisotopic (exact) mass is 548 g/mol. The number of rotatable bonds is 5. The average Bonchev–Trinajstić information content (AvgIpc) is 3.19. The lowest BCUT2D eigenvalue weighted by molar-refractivity contribution is -0.159. The van der Waals surface area contributed by atoms with E-state index in [9.17, 15) is 19.2 Å². The van der Waals surface area contributed by atoms with Crippen LogP contribution in [0.4, 0.5) is 5.69 Å². The van der Waals surface area contributed by atoms with Crippen molar-refractivity contribution in [3.8, 4) is 0 Å². The lowest BCUT2D eigenvalue weighted by Crippen LogP contribution is -2.45. The number of carbonyl (C=O) groups excluding carboxylic acids is 4. The predicted molar refractivity (Wildman–Crippen MR) is 141 cm³/mol. The van der Waals surface area contributed by atoms with E-state index in [2.05, 4.69) is 5.32 Å². The van der Waals surface area contributed by atoms with Crippen LogP contribution < -0.4 is 5.32 Å². The van der Waals surface area contributed by atoms with Crippen molar-refractivity contribution in [2.24, 2.45) is 11.8 Å². The summed E-state index contributed by atoms with van der Waals surface area (Å²) in [6.45, 7) is 0.834. The zero-order valence-electron chi connectivity index (χ0n) is 20.2. The number of hydrogen-bond acceptors (Lipinski definition) is 5. The minimum Gasteiger partial charge on any atom is -0.454 e. The van der Waals surface area contributed by atoms with Crippen molar-refractivity contribution in [3.05, 3.63) is 99.0 Å². The van der Waals surface area contributed by atoms with E-state index in [1.165, 1.54) is 19.1 Å². The van der Waals surface area contributed by atoms with E-state index >= 15 is 0 Å². The Bertz CT molecular complexity index is 1410. The van der Waals surface area contributed by atoms with Crippen LogP contribution in [0.3, 0.4) is 0 Å². The molecule has 9 heteroatoms. The fraction of sp³-hybridized carbons (Fsp3) is 0.241. The first-order chi connectivity index (χ1) is 18.3. The van der Waals surface area contributed by atoms with Crippen molar-refractivity contribution in [1.82, 2.24) is 4.90 Å². The minimum absolute atomic E-state index is 0.268. The highest BCUT2D eigenvalue weighted by Crippen LogP contribution is 2.61. The van der Waals surface area contributed by atoms with Gasteiger partial charge in [0, 0.05) is 16.9 Å². The summed E-state index contributed by atoms with van der Waals surface area (Å²) < 4.78 is 5.19. The molecule has 0 radical (unpaired) electrons.